The highest BCUT2D eigenvalue weighted by Gasteiger charge is 2.32. The molecule has 0 amide bonds. The maximum atomic E-state index is 13.9. The Morgan fingerprint density at radius 1 is 1.19 bits per heavy atom. The van der Waals surface area contributed by atoms with Crippen molar-refractivity contribution < 1.29 is 13.9 Å². The van der Waals surface area contributed by atoms with Crippen molar-refractivity contribution >= 4 is 0 Å². The summed E-state index contributed by atoms with van der Waals surface area (Å²) in [5, 5.41) is 8.87. The number of ether oxygens (including phenoxy) is 2. The van der Waals surface area contributed by atoms with E-state index in [9.17, 15) is 4.39 Å². The molecule has 0 aromatic heterocycles. The predicted molar refractivity (Wildman–Crippen MR) is 104 cm³/mol. The minimum Gasteiger partial charge on any atom is -0.352 e. The van der Waals surface area contributed by atoms with Crippen molar-refractivity contribution in [1.82, 2.24) is 0 Å². The molecule has 1 aromatic carbocycles. The van der Waals surface area contributed by atoms with Gasteiger partial charge in [-0.1, -0.05) is 38.0 Å². The Balaban J connectivity index is 1.44. The third-order valence-electron chi connectivity index (χ3n) is 5.82. The van der Waals surface area contributed by atoms with E-state index in [0.717, 1.165) is 50.9 Å². The van der Waals surface area contributed by atoms with Crippen molar-refractivity contribution in [3.63, 3.8) is 0 Å². The van der Waals surface area contributed by atoms with Gasteiger partial charge in [-0.25, -0.2) is 4.39 Å². The van der Waals surface area contributed by atoms with Crippen LogP contribution in [0.1, 0.15) is 68.9 Å². The fourth-order valence-electron chi connectivity index (χ4n) is 4.13. The summed E-state index contributed by atoms with van der Waals surface area (Å²) in [4.78, 5) is 0. The van der Waals surface area contributed by atoms with E-state index in [2.05, 4.69) is 19.1 Å². The molecule has 1 saturated heterocycles. The number of nitriles is 1. The first-order valence-corrected chi connectivity index (χ1v) is 10.3. The Bertz CT molecular complexity index is 665. The van der Waals surface area contributed by atoms with Gasteiger partial charge in [-0.15, -0.1) is 0 Å². The zero-order valence-electron chi connectivity index (χ0n) is 16.2. The predicted octanol–water partition coefficient (Wildman–Crippen LogP) is 5.71. The van der Waals surface area contributed by atoms with Gasteiger partial charge in [0.1, 0.15) is 11.9 Å². The Kier molecular flexibility index (Phi) is 7.43. The lowest BCUT2D eigenvalue weighted by Crippen LogP contribution is -2.37. The fraction of sp³-hybridized carbons (Fsp3) is 0.609. The molecule has 2 aliphatic rings. The largest absolute Gasteiger partial charge is 0.352 e. The molecule has 0 atom stereocenters. The molecule has 3 rings (SSSR count). The van der Waals surface area contributed by atoms with Crippen LogP contribution in [0.2, 0.25) is 0 Å². The molecule has 1 heterocycles. The lowest BCUT2D eigenvalue weighted by Gasteiger charge is -2.37. The summed E-state index contributed by atoms with van der Waals surface area (Å²) in [5.74, 6) is 0.751. The zero-order valence-corrected chi connectivity index (χ0v) is 16.2. The van der Waals surface area contributed by atoms with Crippen LogP contribution in [0.4, 0.5) is 4.39 Å². The van der Waals surface area contributed by atoms with Crippen molar-refractivity contribution in [2.24, 2.45) is 11.8 Å². The lowest BCUT2D eigenvalue weighted by atomic mass is 9.78. The average molecular weight is 371 g/mol. The third kappa shape index (κ3) is 5.40. The average Bonchev–Trinajstić information content (AvgIpc) is 2.72. The topological polar surface area (TPSA) is 42.2 Å². The normalized spacial score (nSPS) is 28.9. The second-order valence-corrected chi connectivity index (χ2v) is 7.83. The van der Waals surface area contributed by atoms with E-state index < -0.39 is 5.82 Å². The smallest absolute Gasteiger partial charge is 0.160 e. The maximum Gasteiger partial charge on any atom is 0.160 e. The number of nitrogens with zero attached hydrogens (tertiary/aromatic N) is 1. The lowest BCUT2D eigenvalue weighted by molar-refractivity contribution is -0.222. The van der Waals surface area contributed by atoms with E-state index in [1.807, 2.05) is 12.1 Å². The van der Waals surface area contributed by atoms with E-state index in [1.54, 1.807) is 6.07 Å². The molecule has 27 heavy (non-hydrogen) atoms. The molecule has 1 saturated carbocycles. The SMILES string of the molecule is CCCCC=CC1COC(C2CCC(c3ccc(C#N)c(F)c3)CC2)OC1. The van der Waals surface area contributed by atoms with Crippen LogP contribution in [0.25, 0.3) is 0 Å². The van der Waals surface area contributed by atoms with Crippen molar-refractivity contribution in [1.29, 1.82) is 5.26 Å². The number of rotatable bonds is 6. The van der Waals surface area contributed by atoms with Gasteiger partial charge in [0.2, 0.25) is 0 Å². The standard InChI is InChI=1S/C23H30FNO2/c1-2-3-4-5-6-17-15-26-23(27-16-17)19-9-7-18(8-10-19)20-11-12-21(14-25)22(24)13-20/h5-6,11-13,17-19,23H,2-4,7-10,15-16H2,1H3. The Morgan fingerprint density at radius 2 is 1.93 bits per heavy atom. The van der Waals surface area contributed by atoms with E-state index >= 15 is 0 Å². The van der Waals surface area contributed by atoms with E-state index in [1.165, 1.54) is 18.9 Å². The summed E-state index contributed by atoms with van der Waals surface area (Å²) >= 11 is 0. The van der Waals surface area contributed by atoms with Crippen LogP contribution in [0, 0.1) is 29.0 Å². The van der Waals surface area contributed by atoms with Crippen molar-refractivity contribution in [2.45, 2.75) is 64.1 Å². The minimum atomic E-state index is -0.408. The molecular formula is C23H30FNO2. The first-order valence-electron chi connectivity index (χ1n) is 10.3. The summed E-state index contributed by atoms with van der Waals surface area (Å²) in [6, 6.07) is 6.91. The fourth-order valence-corrected chi connectivity index (χ4v) is 4.13. The molecule has 2 fully saturated rings. The van der Waals surface area contributed by atoms with Gasteiger partial charge in [0.25, 0.3) is 0 Å². The first kappa shape index (κ1) is 20.0. The molecule has 146 valence electrons. The molecule has 1 aliphatic heterocycles. The van der Waals surface area contributed by atoms with Crippen LogP contribution in [-0.2, 0) is 9.47 Å². The van der Waals surface area contributed by atoms with Crippen LogP contribution >= 0.6 is 0 Å². The molecule has 1 aliphatic carbocycles. The number of halogens is 1. The maximum absolute atomic E-state index is 13.9. The Morgan fingerprint density at radius 3 is 2.56 bits per heavy atom. The van der Waals surface area contributed by atoms with Crippen LogP contribution < -0.4 is 0 Å². The molecule has 0 bridgehead atoms. The van der Waals surface area contributed by atoms with Crippen molar-refractivity contribution in [3.8, 4) is 6.07 Å². The van der Waals surface area contributed by atoms with Crippen LogP contribution in [0.5, 0.6) is 0 Å². The third-order valence-corrected chi connectivity index (χ3v) is 5.82. The van der Waals surface area contributed by atoms with Gasteiger partial charge in [0, 0.05) is 11.8 Å². The number of allylic oxidation sites excluding steroid dienone is 1. The summed E-state index contributed by atoms with van der Waals surface area (Å²) in [6.07, 6.45) is 12.1. The highest BCUT2D eigenvalue weighted by molar-refractivity contribution is 5.34. The molecular weight excluding hydrogens is 341 g/mol. The van der Waals surface area contributed by atoms with Crippen LogP contribution in [0.3, 0.4) is 0 Å². The summed E-state index contributed by atoms with van der Waals surface area (Å²) < 4.78 is 25.9. The molecule has 0 N–H and O–H groups in total. The number of benzene rings is 1. The monoisotopic (exact) mass is 371 g/mol. The first-order chi connectivity index (χ1) is 13.2. The summed E-state index contributed by atoms with van der Waals surface area (Å²) in [7, 11) is 0. The number of hydrogen-bond acceptors (Lipinski definition) is 3. The van der Waals surface area contributed by atoms with E-state index in [-0.39, 0.29) is 11.9 Å². The van der Waals surface area contributed by atoms with E-state index in [4.69, 9.17) is 14.7 Å². The second kappa shape index (κ2) is 10.0. The summed E-state index contributed by atoms with van der Waals surface area (Å²) in [6.45, 7) is 3.69. The molecule has 1 aromatic rings. The molecule has 4 heteroatoms. The van der Waals surface area contributed by atoms with Gasteiger partial charge in [0.05, 0.1) is 18.8 Å². The highest BCUT2D eigenvalue weighted by Crippen LogP contribution is 2.39. The van der Waals surface area contributed by atoms with Gasteiger partial charge >= 0.3 is 0 Å². The number of hydrogen-bond donors (Lipinski definition) is 0. The molecule has 0 unspecified atom stereocenters. The Labute approximate surface area is 162 Å². The van der Waals surface area contributed by atoms with Gasteiger partial charge < -0.3 is 9.47 Å². The van der Waals surface area contributed by atoms with Gasteiger partial charge in [-0.2, -0.15) is 5.26 Å². The van der Waals surface area contributed by atoms with Gasteiger partial charge in [-0.05, 0) is 55.7 Å². The van der Waals surface area contributed by atoms with Crippen molar-refractivity contribution in [2.75, 3.05) is 13.2 Å². The quantitative estimate of drug-likeness (QED) is 0.475. The van der Waals surface area contributed by atoms with E-state index in [0.29, 0.717) is 17.8 Å². The highest BCUT2D eigenvalue weighted by atomic mass is 19.1. The molecule has 0 spiro atoms. The molecule has 3 nitrogen and oxygen atoms in total. The second-order valence-electron chi connectivity index (χ2n) is 7.83. The van der Waals surface area contributed by atoms with Crippen LogP contribution in [0.15, 0.2) is 30.4 Å². The Hall–Kier alpha value is -1.70. The summed E-state index contributed by atoms with van der Waals surface area (Å²) in [5.41, 5.74) is 1.13. The zero-order chi connectivity index (χ0) is 19.1. The van der Waals surface area contributed by atoms with Crippen molar-refractivity contribution in [3.05, 3.63) is 47.3 Å². The number of unbranched alkanes of at least 4 members (excludes halogenated alkanes) is 2. The van der Waals surface area contributed by atoms with Crippen LogP contribution in [-0.4, -0.2) is 19.5 Å². The van der Waals surface area contributed by atoms with Gasteiger partial charge in [-0.3, -0.25) is 0 Å². The minimum absolute atomic E-state index is 0.0936. The van der Waals surface area contributed by atoms with Gasteiger partial charge in [0.15, 0.2) is 6.29 Å². The molecule has 0 radical (unpaired) electrons.